The van der Waals surface area contributed by atoms with E-state index in [9.17, 15) is 35.6 Å². The molecule has 5 saturated carbocycles. The number of likely N-dealkylation sites (tertiary alicyclic amines) is 2. The van der Waals surface area contributed by atoms with E-state index in [1.807, 2.05) is 24.3 Å². The highest BCUT2D eigenvalue weighted by Gasteiger charge is 2.68. The number of nitrogens with zero attached hydrogens (tertiary/aromatic N) is 6. The van der Waals surface area contributed by atoms with Crippen molar-refractivity contribution >= 4 is 71.5 Å². The summed E-state index contributed by atoms with van der Waals surface area (Å²) in [6.07, 6.45) is 17.0. The number of carbonyl (C=O) groups excluding carboxylic acids is 5. The molecule has 20 nitrogen and oxygen atoms in total. The second-order valence-electron chi connectivity index (χ2n) is 31.9. The number of likely N-dealkylation sites (N-methyl/N-ethyl adjacent to an activating group) is 2. The van der Waals surface area contributed by atoms with Crippen molar-refractivity contribution < 1.29 is 59.4 Å². The molecule has 23 heteroatoms. The van der Waals surface area contributed by atoms with E-state index in [0.717, 1.165) is 190 Å². The second kappa shape index (κ2) is 25.3. The van der Waals surface area contributed by atoms with Gasteiger partial charge in [-0.2, -0.15) is 0 Å². The van der Waals surface area contributed by atoms with Gasteiger partial charge in [0.15, 0.2) is 4.75 Å². The van der Waals surface area contributed by atoms with Crippen molar-refractivity contribution in [1.29, 1.82) is 0 Å². The Morgan fingerprint density at radius 1 is 0.534 bits per heavy atom. The van der Waals surface area contributed by atoms with E-state index in [2.05, 4.69) is 76.5 Å². The van der Waals surface area contributed by atoms with Crippen LogP contribution in [0.2, 0.25) is 0 Å². The number of rotatable bonds is 14. The number of esters is 1. The molecule has 103 heavy (non-hydrogen) atoms. The molecular weight excluding hydrogens is 1350 g/mol. The first-order chi connectivity index (χ1) is 49.6. The number of ether oxygens (including phenoxy) is 3. The van der Waals surface area contributed by atoms with Gasteiger partial charge in [-0.15, -0.1) is 0 Å². The number of piperazine rings is 2. The van der Waals surface area contributed by atoms with Crippen LogP contribution in [-0.4, -0.2) is 166 Å². The highest BCUT2D eigenvalue weighted by molar-refractivity contribution is 7.92. The van der Waals surface area contributed by atoms with Gasteiger partial charge in [0.05, 0.1) is 49.3 Å². The van der Waals surface area contributed by atoms with Gasteiger partial charge in [0, 0.05) is 125 Å². The molecule has 5 aromatic carbocycles. The zero-order valence-corrected chi connectivity index (χ0v) is 60.9. The molecule has 0 radical (unpaired) electrons. The normalized spacial score (nSPS) is 26.7. The molecule has 4 saturated heterocycles. The predicted octanol–water partition coefficient (Wildman–Crippen LogP) is 11.5. The monoisotopic (exact) mass is 1440 g/mol. The van der Waals surface area contributed by atoms with Crippen molar-refractivity contribution in [2.24, 2.45) is 10.8 Å². The smallest absolute Gasteiger partial charge is 0.329 e. The van der Waals surface area contributed by atoms with Crippen LogP contribution in [0.25, 0.3) is 44.3 Å². The second-order valence-corrected chi connectivity index (χ2v) is 35.6. The number of fused-ring (bicyclic) bond motifs is 18. The SMILES string of the molecule is COC(=O)C1(S(=O)(=O)NC(=O)c2ccc3c(C4CCCCC4)c4n(c3c2)CC2(C(=O)N3C5CCC3CN(C)C5)CC2c2cc(OC)ccc2-4)CC1.COc1ccc2c(c1)C1CC1(C(=O)N1C3CCC1CN(C)C3)Cn1c-2c(C2CCCCC2)c2ccc(C(=O)NS(=O)(=O)Cc3ccccc3F)cc21. The van der Waals surface area contributed by atoms with E-state index in [1.54, 1.807) is 44.6 Å². The molecule has 0 spiro atoms. The standard InChI is InChI=1S/C41H45FN4O5S.C39H46N4O7S/c1-44-21-28-13-14-29(22-44)46(28)40(48)41-20-34(41)33-19-30(51-2)15-17-31(33)38-37(25-8-4-3-5-9-25)32-16-12-26(18-36(32)45(38)24-41)39(47)43-52(49,50)23-27-10-6-7-11-35(27)42;1-41-20-25-10-11-26(21-41)43(25)36(45)38-19-31(38)30-18-27(49-2)12-14-28(30)34-33(23-7-5-4-6-8-23)29-13-9-24(17-32(29)42(34)22-38)35(44)40-51(47,48)39(15-16-39)37(46)50-3/h6-7,10-12,15-19,25,28-29,34H,3-5,8-9,13-14,20-24H2,1-2H3,(H,43,47);9,12-14,17-18,23,25-26,31H,4-8,10-11,15-16,19-22H2,1-3H3,(H,40,44). The van der Waals surface area contributed by atoms with Crippen LogP contribution < -0.4 is 18.9 Å². The van der Waals surface area contributed by atoms with E-state index in [4.69, 9.17) is 14.2 Å². The summed E-state index contributed by atoms with van der Waals surface area (Å²) in [4.78, 5) is 79.1. The number of hydrogen-bond acceptors (Lipinski definition) is 14. The molecule has 11 aliphatic rings. The van der Waals surface area contributed by atoms with Crippen molar-refractivity contribution in [2.45, 2.75) is 187 Å². The van der Waals surface area contributed by atoms with Crippen molar-refractivity contribution in [3.63, 3.8) is 0 Å². The van der Waals surface area contributed by atoms with E-state index < -0.39 is 65.0 Å². The molecule has 2 aromatic heterocycles. The van der Waals surface area contributed by atoms with Gasteiger partial charge in [-0.25, -0.2) is 30.7 Å². The van der Waals surface area contributed by atoms with Crippen LogP contribution in [-0.2, 0) is 58.0 Å². The maximum Gasteiger partial charge on any atom is 0.329 e. The number of halogens is 1. The van der Waals surface area contributed by atoms with Crippen molar-refractivity contribution in [2.75, 3.05) is 61.6 Å². The van der Waals surface area contributed by atoms with Crippen molar-refractivity contribution in [3.05, 3.63) is 142 Å². The number of aromatic nitrogens is 2. The Kier molecular flexibility index (Phi) is 16.7. The van der Waals surface area contributed by atoms with Crippen LogP contribution in [0.5, 0.6) is 11.5 Å². The van der Waals surface area contributed by atoms with E-state index in [1.165, 1.54) is 42.2 Å². The Morgan fingerprint density at radius 3 is 1.39 bits per heavy atom. The summed E-state index contributed by atoms with van der Waals surface area (Å²) >= 11 is 0. The number of benzene rings is 5. The summed E-state index contributed by atoms with van der Waals surface area (Å²) in [5, 5.41) is 2.07. The molecule has 6 aliphatic heterocycles. The maximum atomic E-state index is 15.1. The van der Waals surface area contributed by atoms with Crippen LogP contribution in [0, 0.1) is 16.6 Å². The first-order valence-electron chi connectivity index (χ1n) is 37.2. The minimum atomic E-state index is -4.33. The number of methoxy groups -OCH3 is 3. The summed E-state index contributed by atoms with van der Waals surface area (Å²) < 4.78 is 90.8. The molecule has 8 atom stereocenters. The Labute approximate surface area is 601 Å². The number of carbonyl (C=O) groups is 5. The van der Waals surface area contributed by atoms with Crippen LogP contribution in [0.3, 0.4) is 0 Å². The fourth-order valence-corrected chi connectivity index (χ4v) is 23.1. The lowest BCUT2D eigenvalue weighted by molar-refractivity contribution is -0.144. The topological polar surface area (TPSA) is 228 Å². The third-order valence-corrected chi connectivity index (χ3v) is 29.0. The minimum Gasteiger partial charge on any atom is -0.497 e. The lowest BCUT2D eigenvalue weighted by Gasteiger charge is -2.41. The maximum absolute atomic E-state index is 15.1. The van der Waals surface area contributed by atoms with E-state index >= 15 is 9.59 Å². The summed E-state index contributed by atoms with van der Waals surface area (Å²) in [5.74, 6) is -1.00. The van der Waals surface area contributed by atoms with Gasteiger partial charge in [0.1, 0.15) is 17.3 Å². The van der Waals surface area contributed by atoms with Gasteiger partial charge in [0.25, 0.3) is 21.8 Å². The van der Waals surface area contributed by atoms with Crippen LogP contribution >= 0.6 is 0 Å². The largest absolute Gasteiger partial charge is 0.497 e. The highest BCUT2D eigenvalue weighted by Crippen LogP contribution is 2.69. The first kappa shape index (κ1) is 68.0. The molecule has 542 valence electrons. The lowest BCUT2D eigenvalue weighted by atomic mass is 9.81. The van der Waals surface area contributed by atoms with Gasteiger partial charge in [-0.1, -0.05) is 68.9 Å². The molecule has 7 aromatic rings. The molecule has 4 amide bonds. The van der Waals surface area contributed by atoms with E-state index in [0.29, 0.717) is 24.9 Å². The molecule has 2 N–H and O–H groups in total. The third kappa shape index (κ3) is 11.2. The van der Waals surface area contributed by atoms with Gasteiger partial charge < -0.3 is 42.9 Å². The molecule has 9 fully saturated rings. The Bertz CT molecular complexity index is 4910. The average molecular weight is 1440 g/mol. The van der Waals surface area contributed by atoms with E-state index in [-0.39, 0.29) is 77.3 Å². The zero-order valence-electron chi connectivity index (χ0n) is 59.3. The van der Waals surface area contributed by atoms with Crippen molar-refractivity contribution in [1.82, 2.24) is 38.2 Å². The molecule has 18 rings (SSSR count). The molecule has 4 bridgehead atoms. The average Bonchev–Trinajstić information content (AvgIpc) is 1.52. The Morgan fingerprint density at radius 2 is 0.971 bits per heavy atom. The molecular formula is C80H91FN8O12S2. The van der Waals surface area contributed by atoms with Gasteiger partial charge in [-0.05, 0) is 192 Å². The zero-order chi connectivity index (χ0) is 71.4. The molecule has 8 unspecified atom stereocenters. The summed E-state index contributed by atoms with van der Waals surface area (Å²) in [6.45, 7) is 4.50. The molecule has 5 aliphatic carbocycles. The number of nitrogens with one attached hydrogen (secondary N) is 2. The van der Waals surface area contributed by atoms with Crippen LogP contribution in [0.1, 0.15) is 188 Å². The lowest BCUT2D eigenvalue weighted by Crippen LogP contribution is -2.57. The Balaban J connectivity index is 0.000000153. The third-order valence-electron chi connectivity index (χ3n) is 25.8. The fourth-order valence-electron chi connectivity index (χ4n) is 20.5. The first-order valence-corrected chi connectivity index (χ1v) is 40.4. The summed E-state index contributed by atoms with van der Waals surface area (Å²) in [6, 6.07) is 29.9. The quantitative estimate of drug-likeness (QED) is 0.0966. The van der Waals surface area contributed by atoms with Crippen molar-refractivity contribution in [3.8, 4) is 34.0 Å². The minimum absolute atomic E-state index is 0.00896. The molecule has 8 heterocycles. The number of amides is 4. The Hall–Kier alpha value is -8.12. The van der Waals surface area contributed by atoms with Crippen LogP contribution in [0.15, 0.2) is 97.1 Å². The summed E-state index contributed by atoms with van der Waals surface area (Å²) in [7, 11) is 0.269. The number of sulfonamides is 2. The van der Waals surface area contributed by atoms with Gasteiger partial charge >= 0.3 is 5.97 Å². The fraction of sp³-hybridized carbons (Fsp3) is 0.512. The predicted molar refractivity (Wildman–Crippen MR) is 388 cm³/mol. The highest BCUT2D eigenvalue weighted by atomic mass is 32.2. The van der Waals surface area contributed by atoms with Gasteiger partial charge in [0.2, 0.25) is 21.8 Å². The summed E-state index contributed by atoms with van der Waals surface area (Å²) in [5.41, 5.74) is 9.96. The van der Waals surface area contributed by atoms with Crippen LogP contribution in [0.4, 0.5) is 4.39 Å². The van der Waals surface area contributed by atoms with Gasteiger partial charge in [-0.3, -0.25) is 24.0 Å². The number of hydrogen-bond donors (Lipinski definition) is 2.